The minimum atomic E-state index is -3.81. The van der Waals surface area contributed by atoms with E-state index in [9.17, 15) is 17.6 Å². The molecule has 5 nitrogen and oxygen atoms in total. The van der Waals surface area contributed by atoms with E-state index < -0.39 is 15.9 Å². The van der Waals surface area contributed by atoms with Crippen molar-refractivity contribution in [3.63, 3.8) is 0 Å². The Labute approximate surface area is 166 Å². The highest BCUT2D eigenvalue weighted by Crippen LogP contribution is 2.36. The number of fused-ring (bicyclic) bond motifs is 1. The molecule has 27 heavy (non-hydrogen) atoms. The maximum absolute atomic E-state index is 13.6. The van der Waals surface area contributed by atoms with Gasteiger partial charge in [-0.3, -0.25) is 4.79 Å². The zero-order chi connectivity index (χ0) is 19.6. The topological polar surface area (TPSA) is 66.5 Å². The second-order valence-electron chi connectivity index (χ2n) is 6.15. The lowest BCUT2D eigenvalue weighted by Gasteiger charge is -2.27. The van der Waals surface area contributed by atoms with Crippen molar-refractivity contribution in [3.8, 4) is 0 Å². The molecule has 0 bridgehead atoms. The monoisotopic (exact) mass is 428 g/mol. The number of carbonyl (C=O) groups excluding carboxylic acids is 1. The van der Waals surface area contributed by atoms with Crippen molar-refractivity contribution in [2.45, 2.75) is 22.3 Å². The van der Waals surface area contributed by atoms with Crippen LogP contribution in [-0.4, -0.2) is 38.0 Å². The Kier molecular flexibility index (Phi) is 6.10. The Morgan fingerprint density at radius 1 is 1.30 bits per heavy atom. The molecule has 0 aromatic heterocycles. The summed E-state index contributed by atoms with van der Waals surface area (Å²) < 4.78 is 39.7. The van der Waals surface area contributed by atoms with Gasteiger partial charge in [0.1, 0.15) is 5.82 Å². The predicted molar refractivity (Wildman–Crippen MR) is 104 cm³/mol. The van der Waals surface area contributed by atoms with E-state index in [0.717, 1.165) is 20.5 Å². The molecule has 1 amide bonds. The van der Waals surface area contributed by atoms with Gasteiger partial charge in [0, 0.05) is 22.7 Å². The Bertz CT molecular complexity index is 952. The highest BCUT2D eigenvalue weighted by molar-refractivity contribution is 7.99. The first-order valence-corrected chi connectivity index (χ1v) is 11.0. The zero-order valence-electron chi connectivity index (χ0n) is 14.5. The molecular formula is C18H18ClFN2O3S2. The Morgan fingerprint density at radius 3 is 2.70 bits per heavy atom. The fourth-order valence-electron chi connectivity index (χ4n) is 2.83. The van der Waals surface area contributed by atoms with E-state index in [0.29, 0.717) is 11.4 Å². The van der Waals surface area contributed by atoms with Crippen LogP contribution in [0.25, 0.3) is 0 Å². The summed E-state index contributed by atoms with van der Waals surface area (Å²) in [6.45, 7) is -0.334. The highest BCUT2D eigenvalue weighted by atomic mass is 35.5. The van der Waals surface area contributed by atoms with Gasteiger partial charge in [-0.25, -0.2) is 12.8 Å². The second kappa shape index (κ2) is 8.18. The molecule has 0 saturated carbocycles. The summed E-state index contributed by atoms with van der Waals surface area (Å²) in [6, 6.07) is 9.91. The number of carbonyl (C=O) groups is 1. The fraction of sp³-hybridized carbons (Fsp3) is 0.278. The second-order valence-corrected chi connectivity index (χ2v) is 9.77. The number of hydrogen-bond acceptors (Lipinski definition) is 4. The van der Waals surface area contributed by atoms with Crippen molar-refractivity contribution < 1.29 is 17.6 Å². The molecule has 1 aliphatic rings. The van der Waals surface area contributed by atoms with Crippen LogP contribution in [0.1, 0.15) is 18.0 Å². The van der Waals surface area contributed by atoms with Crippen molar-refractivity contribution in [2.75, 3.05) is 19.3 Å². The summed E-state index contributed by atoms with van der Waals surface area (Å²) in [5.74, 6) is -0.0113. The number of nitrogens with one attached hydrogen (secondary N) is 1. The van der Waals surface area contributed by atoms with Gasteiger partial charge >= 0.3 is 0 Å². The third kappa shape index (κ3) is 4.63. The summed E-state index contributed by atoms with van der Waals surface area (Å²) in [6.07, 6.45) is 0.653. The van der Waals surface area contributed by atoms with Crippen LogP contribution in [0.2, 0.25) is 5.02 Å². The molecule has 0 unspecified atom stereocenters. The van der Waals surface area contributed by atoms with Gasteiger partial charge in [0.05, 0.1) is 17.5 Å². The molecule has 144 valence electrons. The molecule has 2 aromatic carbocycles. The quantitative estimate of drug-likeness (QED) is 0.792. The summed E-state index contributed by atoms with van der Waals surface area (Å²) >= 11 is 7.40. The number of halogens is 2. The molecule has 1 heterocycles. The number of thioether (sulfide) groups is 1. The predicted octanol–water partition coefficient (Wildman–Crippen LogP) is 3.45. The number of nitrogens with zero attached hydrogens (tertiary/aromatic N) is 1. The number of sulfonamides is 1. The zero-order valence-corrected chi connectivity index (χ0v) is 16.9. The molecular weight excluding hydrogens is 411 g/mol. The molecule has 0 fully saturated rings. The number of likely N-dealkylation sites (N-methyl/N-ethyl adjacent to an activating group) is 1. The molecule has 0 aliphatic carbocycles. The van der Waals surface area contributed by atoms with Gasteiger partial charge < -0.3 is 5.32 Å². The highest BCUT2D eigenvalue weighted by Gasteiger charge is 2.26. The van der Waals surface area contributed by atoms with E-state index >= 15 is 0 Å². The van der Waals surface area contributed by atoms with Crippen LogP contribution < -0.4 is 5.32 Å². The minimum Gasteiger partial charge on any atom is -0.348 e. The van der Waals surface area contributed by atoms with E-state index in [1.807, 2.05) is 0 Å². The van der Waals surface area contributed by atoms with E-state index in [4.69, 9.17) is 11.6 Å². The Hall–Kier alpha value is -1.61. The molecule has 3 rings (SSSR count). The number of rotatable bonds is 5. The first kappa shape index (κ1) is 20.1. The average molecular weight is 429 g/mol. The van der Waals surface area contributed by atoms with Gasteiger partial charge in [-0.05, 0) is 54.4 Å². The first-order valence-electron chi connectivity index (χ1n) is 8.21. The molecule has 0 radical (unpaired) electrons. The minimum absolute atomic E-state index is 0.0590. The van der Waals surface area contributed by atoms with Crippen LogP contribution in [0.5, 0.6) is 0 Å². The van der Waals surface area contributed by atoms with Gasteiger partial charge in [-0.2, -0.15) is 4.31 Å². The van der Waals surface area contributed by atoms with E-state index in [-0.39, 0.29) is 23.3 Å². The molecule has 1 atom stereocenters. The van der Waals surface area contributed by atoms with Crippen LogP contribution in [-0.2, 0) is 14.8 Å². The van der Waals surface area contributed by atoms with E-state index in [1.165, 1.54) is 43.4 Å². The third-order valence-corrected chi connectivity index (χ3v) is 7.43. The smallest absolute Gasteiger partial charge is 0.243 e. The van der Waals surface area contributed by atoms with Gasteiger partial charge in [0.15, 0.2) is 0 Å². The van der Waals surface area contributed by atoms with Crippen LogP contribution in [0.3, 0.4) is 0 Å². The normalized spacial score (nSPS) is 16.8. The Morgan fingerprint density at radius 2 is 2.00 bits per heavy atom. The maximum atomic E-state index is 13.6. The number of hydrogen-bond donors (Lipinski definition) is 1. The lowest BCUT2D eigenvalue weighted by molar-refractivity contribution is -0.121. The molecule has 0 spiro atoms. The molecule has 1 N–H and O–H groups in total. The van der Waals surface area contributed by atoms with Crippen molar-refractivity contribution in [2.24, 2.45) is 0 Å². The van der Waals surface area contributed by atoms with Gasteiger partial charge in [0.2, 0.25) is 15.9 Å². The van der Waals surface area contributed by atoms with E-state index in [1.54, 1.807) is 17.8 Å². The SMILES string of the molecule is CN(CC(=O)N[C@@H]1CCSc2ccc(F)cc21)S(=O)(=O)c1ccc(Cl)cc1. The van der Waals surface area contributed by atoms with Crippen molar-refractivity contribution >= 4 is 39.3 Å². The Balaban J connectivity index is 1.69. The maximum Gasteiger partial charge on any atom is 0.243 e. The van der Waals surface area contributed by atoms with Crippen molar-refractivity contribution in [3.05, 3.63) is 58.9 Å². The molecule has 2 aromatic rings. The fourth-order valence-corrected chi connectivity index (χ4v) is 5.19. The van der Waals surface area contributed by atoms with Gasteiger partial charge in [0.25, 0.3) is 0 Å². The van der Waals surface area contributed by atoms with Gasteiger partial charge in [-0.1, -0.05) is 11.6 Å². The summed E-state index contributed by atoms with van der Waals surface area (Å²) in [7, 11) is -2.47. The number of benzene rings is 2. The van der Waals surface area contributed by atoms with Crippen LogP contribution >= 0.6 is 23.4 Å². The van der Waals surface area contributed by atoms with Crippen LogP contribution in [0, 0.1) is 5.82 Å². The number of amides is 1. The molecule has 9 heteroatoms. The summed E-state index contributed by atoms with van der Waals surface area (Å²) in [5.41, 5.74) is 0.725. The van der Waals surface area contributed by atoms with E-state index in [2.05, 4.69) is 5.32 Å². The standard InChI is InChI=1S/C18H18ClFN2O3S2/c1-22(27(24,25)14-5-2-12(19)3-6-14)11-18(23)21-16-8-9-26-17-7-4-13(20)10-15(16)17/h2-7,10,16H,8-9,11H2,1H3,(H,21,23)/t16-/m1/s1. The summed E-state index contributed by atoms with van der Waals surface area (Å²) in [5, 5.41) is 3.25. The largest absolute Gasteiger partial charge is 0.348 e. The third-order valence-electron chi connectivity index (χ3n) is 4.23. The lowest BCUT2D eigenvalue weighted by atomic mass is 10.0. The van der Waals surface area contributed by atoms with Crippen LogP contribution in [0.4, 0.5) is 4.39 Å². The molecule has 0 saturated heterocycles. The van der Waals surface area contributed by atoms with Crippen molar-refractivity contribution in [1.82, 2.24) is 9.62 Å². The first-order chi connectivity index (χ1) is 12.8. The lowest BCUT2D eigenvalue weighted by Crippen LogP contribution is -2.40. The van der Waals surface area contributed by atoms with Crippen molar-refractivity contribution in [1.29, 1.82) is 0 Å². The average Bonchev–Trinajstić information content (AvgIpc) is 2.62. The molecule has 1 aliphatic heterocycles. The van der Waals surface area contributed by atoms with Gasteiger partial charge in [-0.15, -0.1) is 11.8 Å². The summed E-state index contributed by atoms with van der Waals surface area (Å²) in [4.78, 5) is 13.4. The van der Waals surface area contributed by atoms with Crippen LogP contribution in [0.15, 0.2) is 52.3 Å².